The third-order valence-electron chi connectivity index (χ3n) is 3.31. The Labute approximate surface area is 170 Å². The van der Waals surface area contributed by atoms with Gasteiger partial charge in [0.1, 0.15) is 36.9 Å². The first-order valence-electron chi connectivity index (χ1n) is 8.28. The van der Waals surface area contributed by atoms with Gasteiger partial charge in [-0.15, -0.1) is 0 Å². The number of nitrogens with one attached hydrogen (secondary N) is 1. The van der Waals surface area contributed by atoms with Crippen molar-refractivity contribution >= 4 is 31.9 Å². The fraction of sp³-hybridized carbons (Fsp3) is 0.368. The predicted molar refractivity (Wildman–Crippen MR) is 109 cm³/mol. The zero-order valence-corrected chi connectivity index (χ0v) is 17.7. The van der Waals surface area contributed by atoms with Gasteiger partial charge in [0, 0.05) is 15.5 Å². The van der Waals surface area contributed by atoms with E-state index in [1.807, 2.05) is 48.5 Å². The van der Waals surface area contributed by atoms with E-state index in [-0.39, 0.29) is 0 Å². The highest BCUT2D eigenvalue weighted by molar-refractivity contribution is 9.10. The van der Waals surface area contributed by atoms with Crippen molar-refractivity contribution in [2.24, 2.45) is 0 Å². The average molecular weight is 489 g/mol. The van der Waals surface area contributed by atoms with Crippen LogP contribution in [0.15, 0.2) is 57.5 Å². The van der Waals surface area contributed by atoms with Gasteiger partial charge in [-0.1, -0.05) is 44.0 Å². The molecule has 1 aliphatic rings. The Morgan fingerprint density at radius 1 is 1.12 bits per heavy atom. The molecule has 3 rings (SSSR count). The number of rotatable bonds is 8. The SMILES string of the molecule is Brc1cccc(OCC2CO2)c1.CNCC(O)COc1cccc(Br)c1. The van der Waals surface area contributed by atoms with E-state index >= 15 is 0 Å². The molecular formula is C19H23Br2NO4. The molecule has 142 valence electrons. The molecule has 2 aromatic rings. The Kier molecular flexibility index (Phi) is 9.42. The van der Waals surface area contributed by atoms with E-state index in [2.05, 4.69) is 37.2 Å². The average Bonchev–Trinajstić information content (AvgIpc) is 3.44. The van der Waals surface area contributed by atoms with Crippen LogP contribution in [0.5, 0.6) is 11.5 Å². The summed E-state index contributed by atoms with van der Waals surface area (Å²) in [5.41, 5.74) is 0. The topological polar surface area (TPSA) is 63.2 Å². The Morgan fingerprint density at radius 2 is 1.69 bits per heavy atom. The second-order valence-electron chi connectivity index (χ2n) is 5.70. The molecule has 2 atom stereocenters. The first kappa shape index (κ1) is 21.2. The van der Waals surface area contributed by atoms with Crippen LogP contribution >= 0.6 is 31.9 Å². The zero-order valence-electron chi connectivity index (χ0n) is 14.5. The number of hydrogen-bond acceptors (Lipinski definition) is 5. The summed E-state index contributed by atoms with van der Waals surface area (Å²) >= 11 is 6.72. The lowest BCUT2D eigenvalue weighted by molar-refractivity contribution is 0.108. The van der Waals surface area contributed by atoms with Gasteiger partial charge in [0.05, 0.1) is 6.61 Å². The third-order valence-corrected chi connectivity index (χ3v) is 4.30. The Hall–Kier alpha value is -1.12. The van der Waals surface area contributed by atoms with Crippen LogP contribution in [0, 0.1) is 0 Å². The van der Waals surface area contributed by atoms with Crippen LogP contribution in [-0.4, -0.2) is 50.7 Å². The Bertz CT molecular complexity index is 667. The van der Waals surface area contributed by atoms with Crippen molar-refractivity contribution in [3.05, 3.63) is 57.5 Å². The summed E-state index contributed by atoms with van der Waals surface area (Å²) in [6.07, 6.45) is -0.150. The molecule has 0 spiro atoms. The number of aliphatic hydroxyl groups excluding tert-OH is 1. The van der Waals surface area contributed by atoms with Crippen molar-refractivity contribution in [2.75, 3.05) is 33.4 Å². The lowest BCUT2D eigenvalue weighted by Gasteiger charge is -2.11. The molecular weight excluding hydrogens is 466 g/mol. The fourth-order valence-corrected chi connectivity index (χ4v) is 2.71. The highest BCUT2D eigenvalue weighted by Gasteiger charge is 2.22. The van der Waals surface area contributed by atoms with Gasteiger partial charge in [-0.05, 0) is 43.4 Å². The minimum Gasteiger partial charge on any atom is -0.491 e. The predicted octanol–water partition coefficient (Wildman–Crippen LogP) is 3.63. The molecule has 0 amide bonds. The fourth-order valence-electron chi connectivity index (χ4n) is 1.95. The molecule has 1 aliphatic heterocycles. The second-order valence-corrected chi connectivity index (χ2v) is 7.53. The first-order valence-corrected chi connectivity index (χ1v) is 9.86. The molecule has 2 unspecified atom stereocenters. The number of hydrogen-bond donors (Lipinski definition) is 2. The van der Waals surface area contributed by atoms with Gasteiger partial charge in [-0.25, -0.2) is 0 Å². The lowest BCUT2D eigenvalue weighted by Crippen LogP contribution is -2.29. The number of ether oxygens (including phenoxy) is 3. The molecule has 7 heteroatoms. The third kappa shape index (κ3) is 9.00. The highest BCUT2D eigenvalue weighted by atomic mass is 79.9. The van der Waals surface area contributed by atoms with E-state index in [9.17, 15) is 5.11 Å². The van der Waals surface area contributed by atoms with Crippen molar-refractivity contribution in [1.29, 1.82) is 0 Å². The molecule has 26 heavy (non-hydrogen) atoms. The smallest absolute Gasteiger partial charge is 0.120 e. The van der Waals surface area contributed by atoms with E-state index in [1.54, 1.807) is 7.05 Å². The molecule has 2 N–H and O–H groups in total. The minimum atomic E-state index is -0.473. The highest BCUT2D eigenvalue weighted by Crippen LogP contribution is 2.19. The maximum atomic E-state index is 9.38. The number of aliphatic hydroxyl groups is 1. The summed E-state index contributed by atoms with van der Waals surface area (Å²) < 4.78 is 17.9. The normalized spacial score (nSPS) is 16.2. The molecule has 2 aromatic carbocycles. The van der Waals surface area contributed by atoms with E-state index in [4.69, 9.17) is 14.2 Å². The van der Waals surface area contributed by atoms with Crippen LogP contribution in [0.1, 0.15) is 0 Å². The van der Waals surface area contributed by atoms with Crippen molar-refractivity contribution < 1.29 is 19.3 Å². The molecule has 1 fully saturated rings. The van der Waals surface area contributed by atoms with Crippen LogP contribution < -0.4 is 14.8 Å². The molecule has 1 heterocycles. The molecule has 0 radical (unpaired) electrons. The van der Waals surface area contributed by atoms with Crippen molar-refractivity contribution in [3.8, 4) is 11.5 Å². The second kappa shape index (κ2) is 11.6. The molecule has 0 saturated carbocycles. The van der Waals surface area contributed by atoms with Gasteiger partial charge in [0.2, 0.25) is 0 Å². The van der Waals surface area contributed by atoms with E-state index in [0.717, 1.165) is 27.1 Å². The number of benzene rings is 2. The summed E-state index contributed by atoms with van der Waals surface area (Å²) in [5, 5.41) is 12.3. The molecule has 1 saturated heterocycles. The summed E-state index contributed by atoms with van der Waals surface area (Å²) in [6, 6.07) is 15.4. The molecule has 5 nitrogen and oxygen atoms in total. The van der Waals surface area contributed by atoms with Crippen LogP contribution in [0.2, 0.25) is 0 Å². The van der Waals surface area contributed by atoms with Crippen molar-refractivity contribution in [1.82, 2.24) is 5.32 Å². The van der Waals surface area contributed by atoms with Gasteiger partial charge < -0.3 is 24.6 Å². The number of likely N-dealkylation sites (N-methyl/N-ethyl adjacent to an activating group) is 1. The quantitative estimate of drug-likeness (QED) is 0.555. The van der Waals surface area contributed by atoms with Gasteiger partial charge in [0.15, 0.2) is 0 Å². The summed E-state index contributed by atoms with van der Waals surface area (Å²) in [7, 11) is 1.79. The standard InChI is InChI=1S/C10H14BrNO2.C9H9BrO2/c1-12-6-9(13)7-14-10-4-2-3-8(11)5-10;10-7-2-1-3-8(4-7)11-5-9-6-12-9/h2-5,9,12-13H,6-7H2,1H3;1-4,9H,5-6H2. The lowest BCUT2D eigenvalue weighted by atomic mass is 10.3. The van der Waals surface area contributed by atoms with Gasteiger partial charge in [-0.3, -0.25) is 0 Å². The van der Waals surface area contributed by atoms with Crippen molar-refractivity contribution in [3.63, 3.8) is 0 Å². The summed E-state index contributed by atoms with van der Waals surface area (Å²) in [4.78, 5) is 0. The van der Waals surface area contributed by atoms with Crippen LogP contribution in [0.25, 0.3) is 0 Å². The summed E-state index contributed by atoms with van der Waals surface area (Å²) in [6.45, 7) is 2.34. The number of halogens is 2. The minimum absolute atomic E-state index is 0.303. The van der Waals surface area contributed by atoms with Crippen LogP contribution in [0.4, 0.5) is 0 Å². The zero-order chi connectivity index (χ0) is 18.8. The molecule has 0 aromatic heterocycles. The van der Waals surface area contributed by atoms with Crippen molar-refractivity contribution in [2.45, 2.75) is 12.2 Å². The monoisotopic (exact) mass is 487 g/mol. The molecule has 0 bridgehead atoms. The van der Waals surface area contributed by atoms with Gasteiger partial charge in [-0.2, -0.15) is 0 Å². The Balaban J connectivity index is 0.000000189. The van der Waals surface area contributed by atoms with Gasteiger partial charge in [0.25, 0.3) is 0 Å². The van der Waals surface area contributed by atoms with Crippen LogP contribution in [0.3, 0.4) is 0 Å². The van der Waals surface area contributed by atoms with Crippen LogP contribution in [-0.2, 0) is 4.74 Å². The van der Waals surface area contributed by atoms with Gasteiger partial charge >= 0.3 is 0 Å². The van der Waals surface area contributed by atoms with E-state index < -0.39 is 6.10 Å². The maximum absolute atomic E-state index is 9.38. The largest absolute Gasteiger partial charge is 0.491 e. The number of epoxide rings is 1. The maximum Gasteiger partial charge on any atom is 0.120 e. The summed E-state index contributed by atoms with van der Waals surface area (Å²) in [5.74, 6) is 1.65. The first-order chi connectivity index (χ1) is 12.6. The Morgan fingerprint density at radius 3 is 2.19 bits per heavy atom. The van der Waals surface area contributed by atoms with E-state index in [1.165, 1.54) is 0 Å². The van der Waals surface area contributed by atoms with E-state index in [0.29, 0.717) is 25.9 Å². The molecule has 0 aliphatic carbocycles.